The minimum Gasteiger partial charge on any atom is -0.469 e. The number of ether oxygens (including phenoxy) is 1. The molecule has 1 atom stereocenters. The summed E-state index contributed by atoms with van der Waals surface area (Å²) in [6.45, 7) is 1.65. The first kappa shape index (κ1) is 18.4. The minimum absolute atomic E-state index is 0.178. The van der Waals surface area contributed by atoms with Gasteiger partial charge in [-0.15, -0.1) is 0 Å². The molecule has 5 heteroatoms. The second-order valence-corrected chi connectivity index (χ2v) is 6.60. The Hall–Kier alpha value is -3.35. The maximum Gasteiger partial charge on any atom is 0.305 e. The fraction of sp³-hybridized carbons (Fsp3) is 0.273. The Morgan fingerprint density at radius 1 is 1.30 bits per heavy atom. The van der Waals surface area contributed by atoms with Gasteiger partial charge in [0.05, 0.1) is 25.2 Å². The number of hydrogen-bond acceptors (Lipinski definition) is 5. The van der Waals surface area contributed by atoms with Crippen molar-refractivity contribution in [3.8, 4) is 17.2 Å². The van der Waals surface area contributed by atoms with Crippen LogP contribution in [0.25, 0.3) is 17.2 Å². The topological polar surface area (TPSA) is 70.4 Å². The molecule has 0 spiro atoms. The molecular weight excluding hydrogens is 340 g/mol. The molecule has 1 unspecified atom stereocenters. The summed E-state index contributed by atoms with van der Waals surface area (Å²) in [7, 11) is 1.41. The molecular formula is C22H20N2O3. The van der Waals surface area contributed by atoms with Gasteiger partial charge in [-0.2, -0.15) is 5.26 Å². The molecule has 136 valence electrons. The molecule has 0 N–H and O–H groups in total. The number of esters is 1. The molecule has 0 aliphatic carbocycles. The summed E-state index contributed by atoms with van der Waals surface area (Å²) < 4.78 is 4.76. The first-order valence-corrected chi connectivity index (χ1v) is 8.82. The molecule has 3 rings (SSSR count). The Morgan fingerprint density at radius 3 is 2.74 bits per heavy atom. The summed E-state index contributed by atoms with van der Waals surface area (Å²) in [6.07, 6.45) is 2.79. The van der Waals surface area contributed by atoms with E-state index in [2.05, 4.69) is 11.0 Å². The minimum atomic E-state index is -0.178. The number of nitriles is 1. The zero-order valence-electron chi connectivity index (χ0n) is 15.1. The molecule has 0 aromatic heterocycles. The van der Waals surface area contributed by atoms with Crippen LogP contribution in [0.15, 0.2) is 42.5 Å². The Balaban J connectivity index is 1.85. The molecule has 0 saturated carbocycles. The second-order valence-electron chi connectivity index (χ2n) is 6.60. The zero-order chi connectivity index (χ0) is 19.2. The third-order valence-corrected chi connectivity index (χ3v) is 4.91. The van der Waals surface area contributed by atoms with Gasteiger partial charge in [-0.25, -0.2) is 4.79 Å². The first-order valence-electron chi connectivity index (χ1n) is 8.82. The average molecular weight is 360 g/mol. The number of hydrogen-bond donors (Lipinski definition) is 0. The highest BCUT2D eigenvalue weighted by Crippen LogP contribution is 2.32. The average Bonchev–Trinajstić information content (AvgIpc) is 3.16. The molecule has 0 amide bonds. The lowest BCUT2D eigenvalue weighted by atomic mass is 9.98. The summed E-state index contributed by atoms with van der Waals surface area (Å²) >= 11 is 0. The summed E-state index contributed by atoms with van der Waals surface area (Å²) in [4.78, 5) is 24.7. The zero-order valence-corrected chi connectivity index (χ0v) is 15.1. The van der Waals surface area contributed by atoms with Crippen molar-refractivity contribution in [2.45, 2.75) is 12.8 Å². The highest BCUT2D eigenvalue weighted by Gasteiger charge is 2.25. The normalized spacial score (nSPS) is 15.7. The predicted molar refractivity (Wildman–Crippen MR) is 104 cm³/mol. The third kappa shape index (κ3) is 4.25. The van der Waals surface area contributed by atoms with E-state index in [9.17, 15) is 9.59 Å². The van der Waals surface area contributed by atoms with E-state index in [1.54, 1.807) is 12.1 Å². The molecule has 2 aromatic rings. The van der Waals surface area contributed by atoms with Crippen LogP contribution in [0, 0.1) is 17.2 Å². The Kier molecular flexibility index (Phi) is 5.71. The Labute approximate surface area is 158 Å². The third-order valence-electron chi connectivity index (χ3n) is 4.91. The quantitative estimate of drug-likeness (QED) is 0.603. The Bertz CT molecular complexity index is 922. The standard InChI is InChI=1S/C22H20N2O3/c1-27-22(26)12-17-8-10-24(15-17)20-6-7-21(19(13-20)9-11-25)18-4-2-16(14-23)3-5-18/h2-7,9,13,17H,8,10,12,15H2,1H3. The lowest BCUT2D eigenvalue weighted by Gasteiger charge is -2.20. The number of benzene rings is 2. The van der Waals surface area contributed by atoms with Crippen LogP contribution in [-0.2, 0) is 14.3 Å². The molecule has 1 aliphatic rings. The van der Waals surface area contributed by atoms with Crippen molar-refractivity contribution in [2.75, 3.05) is 25.1 Å². The van der Waals surface area contributed by atoms with Gasteiger partial charge < -0.3 is 9.64 Å². The van der Waals surface area contributed by atoms with Gasteiger partial charge in [-0.1, -0.05) is 18.2 Å². The summed E-state index contributed by atoms with van der Waals surface area (Å²) in [5, 5.41) is 8.95. The monoisotopic (exact) mass is 360 g/mol. The van der Waals surface area contributed by atoms with Crippen LogP contribution in [0.2, 0.25) is 0 Å². The van der Waals surface area contributed by atoms with Crippen LogP contribution in [0.3, 0.4) is 0 Å². The highest BCUT2D eigenvalue weighted by molar-refractivity contribution is 5.86. The molecule has 5 nitrogen and oxygen atoms in total. The van der Waals surface area contributed by atoms with Crippen molar-refractivity contribution in [1.82, 2.24) is 0 Å². The first-order chi connectivity index (χ1) is 13.1. The lowest BCUT2D eigenvalue weighted by molar-refractivity contribution is -0.141. The van der Waals surface area contributed by atoms with Crippen LogP contribution in [0.5, 0.6) is 0 Å². The van der Waals surface area contributed by atoms with E-state index in [-0.39, 0.29) is 11.9 Å². The van der Waals surface area contributed by atoms with E-state index < -0.39 is 0 Å². The van der Waals surface area contributed by atoms with Crippen LogP contribution in [-0.4, -0.2) is 32.1 Å². The molecule has 1 saturated heterocycles. The SMILES string of the molecule is COC(=O)CC1CCN(c2ccc(-c3ccc(C#N)cc3)c(C=C=O)c2)C1. The molecule has 1 aliphatic heterocycles. The van der Waals surface area contributed by atoms with E-state index >= 15 is 0 Å². The maximum atomic E-state index is 11.5. The van der Waals surface area contributed by atoms with Crippen molar-refractivity contribution >= 4 is 23.7 Å². The van der Waals surface area contributed by atoms with Crippen LogP contribution in [0.1, 0.15) is 24.0 Å². The smallest absolute Gasteiger partial charge is 0.305 e. The van der Waals surface area contributed by atoms with Crippen molar-refractivity contribution < 1.29 is 14.3 Å². The number of carbonyl (C=O) groups excluding carboxylic acids is 2. The largest absolute Gasteiger partial charge is 0.469 e. The number of methoxy groups -OCH3 is 1. The molecule has 0 bridgehead atoms. The summed E-state index contributed by atoms with van der Waals surface area (Å²) in [5.41, 5.74) is 4.24. The highest BCUT2D eigenvalue weighted by atomic mass is 16.5. The van der Waals surface area contributed by atoms with Crippen molar-refractivity contribution in [1.29, 1.82) is 5.26 Å². The van der Waals surface area contributed by atoms with Gasteiger partial charge >= 0.3 is 5.97 Å². The summed E-state index contributed by atoms with van der Waals surface area (Å²) in [6, 6.07) is 15.3. The van der Waals surface area contributed by atoms with Crippen LogP contribution >= 0.6 is 0 Å². The van der Waals surface area contributed by atoms with E-state index in [4.69, 9.17) is 10.00 Å². The van der Waals surface area contributed by atoms with Gasteiger partial charge in [0, 0.05) is 24.9 Å². The van der Waals surface area contributed by atoms with Gasteiger partial charge in [0.1, 0.15) is 5.94 Å². The molecule has 1 heterocycles. The second kappa shape index (κ2) is 8.35. The number of rotatable bonds is 5. The number of nitrogens with zero attached hydrogens (tertiary/aromatic N) is 2. The van der Waals surface area contributed by atoms with E-state index in [0.29, 0.717) is 12.0 Å². The van der Waals surface area contributed by atoms with Gasteiger partial charge in [0.25, 0.3) is 0 Å². The van der Waals surface area contributed by atoms with Gasteiger partial charge in [-0.05, 0) is 53.3 Å². The van der Waals surface area contributed by atoms with Gasteiger partial charge in [0.2, 0.25) is 0 Å². The van der Waals surface area contributed by atoms with Gasteiger partial charge in [-0.3, -0.25) is 4.79 Å². The number of anilines is 1. The molecule has 27 heavy (non-hydrogen) atoms. The van der Waals surface area contributed by atoms with Crippen LogP contribution in [0.4, 0.5) is 5.69 Å². The van der Waals surface area contributed by atoms with Gasteiger partial charge in [0.15, 0.2) is 0 Å². The van der Waals surface area contributed by atoms with Crippen molar-refractivity contribution in [3.63, 3.8) is 0 Å². The predicted octanol–water partition coefficient (Wildman–Crippen LogP) is 3.46. The molecule has 1 fully saturated rings. The van der Waals surface area contributed by atoms with Crippen molar-refractivity contribution in [2.24, 2.45) is 5.92 Å². The van der Waals surface area contributed by atoms with Crippen molar-refractivity contribution in [3.05, 3.63) is 53.6 Å². The van der Waals surface area contributed by atoms with Crippen LogP contribution < -0.4 is 4.90 Å². The maximum absolute atomic E-state index is 11.5. The molecule has 2 aromatic carbocycles. The summed E-state index contributed by atoms with van der Waals surface area (Å²) in [5.74, 6) is 1.97. The fourth-order valence-corrected chi connectivity index (χ4v) is 3.47. The van der Waals surface area contributed by atoms with E-state index in [1.807, 2.05) is 36.3 Å². The lowest BCUT2D eigenvalue weighted by Crippen LogP contribution is -2.20. The van der Waals surface area contributed by atoms with E-state index in [1.165, 1.54) is 13.2 Å². The number of carbonyl (C=O) groups is 1. The van der Waals surface area contributed by atoms with E-state index in [0.717, 1.165) is 41.9 Å². The Morgan fingerprint density at radius 2 is 2.07 bits per heavy atom. The fourth-order valence-electron chi connectivity index (χ4n) is 3.47. The molecule has 0 radical (unpaired) electrons.